The van der Waals surface area contributed by atoms with Gasteiger partial charge >= 0.3 is 0 Å². The number of carbonyl (C=O) groups is 1. The zero-order chi connectivity index (χ0) is 22.4. The van der Waals surface area contributed by atoms with Crippen LogP contribution in [0.1, 0.15) is 44.1 Å². The van der Waals surface area contributed by atoms with Crippen LogP contribution in [0.15, 0.2) is 30.3 Å². The molecule has 3 aromatic rings. The molecule has 2 aromatic heterocycles. The number of ether oxygens (including phenoxy) is 1. The molecule has 0 aliphatic heterocycles. The van der Waals surface area contributed by atoms with Crippen LogP contribution in [-0.2, 0) is 17.6 Å². The number of aromatic nitrogens is 3. The third-order valence-corrected chi connectivity index (χ3v) is 5.34. The summed E-state index contributed by atoms with van der Waals surface area (Å²) in [4.78, 5) is 19.7. The minimum atomic E-state index is -0.531. The summed E-state index contributed by atoms with van der Waals surface area (Å²) in [7, 11) is 0. The average Bonchev–Trinajstić information content (AvgIpc) is 3.12. The number of likely N-dealkylation sites (N-methyl/N-ethyl adjacent to an activating group) is 1. The van der Waals surface area contributed by atoms with Gasteiger partial charge in [0.2, 0.25) is 5.91 Å². The summed E-state index contributed by atoms with van der Waals surface area (Å²) in [6, 6.07) is 9.44. The third kappa shape index (κ3) is 5.03. The molecule has 0 N–H and O–H groups in total. The standard InChI is InChI=1S/C24H31FN4O2/c1-5-8-19-15-17(4)29-24(26-19)21(16-22(30)28(6-2)7-3)23(27-29)18-9-11-20(12-10-18)31-14-13-25/h9-12,15H,5-8,13-14,16H2,1-4H3. The van der Waals surface area contributed by atoms with Gasteiger partial charge in [-0.3, -0.25) is 4.79 Å². The molecule has 0 spiro atoms. The first kappa shape index (κ1) is 22.7. The van der Waals surface area contributed by atoms with Crippen LogP contribution >= 0.6 is 0 Å². The van der Waals surface area contributed by atoms with Gasteiger partial charge in [-0.15, -0.1) is 0 Å². The van der Waals surface area contributed by atoms with Gasteiger partial charge in [-0.1, -0.05) is 13.3 Å². The molecular formula is C24H31FN4O2. The Morgan fingerprint density at radius 3 is 2.48 bits per heavy atom. The van der Waals surface area contributed by atoms with Crippen LogP contribution in [0.25, 0.3) is 16.9 Å². The molecule has 0 aliphatic rings. The molecule has 0 saturated heterocycles. The Kier molecular flexibility index (Phi) is 7.60. The molecule has 1 aromatic carbocycles. The van der Waals surface area contributed by atoms with Gasteiger partial charge in [0.05, 0.1) is 12.1 Å². The highest BCUT2D eigenvalue weighted by molar-refractivity contribution is 5.84. The Balaban J connectivity index is 2.10. The molecule has 0 unspecified atom stereocenters. The summed E-state index contributed by atoms with van der Waals surface area (Å²) in [6.07, 6.45) is 2.11. The number of nitrogens with zero attached hydrogens (tertiary/aromatic N) is 4. The smallest absolute Gasteiger partial charge is 0.227 e. The van der Waals surface area contributed by atoms with E-state index in [1.165, 1.54) is 0 Å². The Morgan fingerprint density at radius 2 is 1.87 bits per heavy atom. The number of alkyl halides is 1. The Hall–Kier alpha value is -2.96. The molecular weight excluding hydrogens is 395 g/mol. The van der Waals surface area contributed by atoms with Crippen molar-refractivity contribution >= 4 is 11.6 Å². The van der Waals surface area contributed by atoms with Crippen LogP contribution in [0.4, 0.5) is 4.39 Å². The summed E-state index contributed by atoms with van der Waals surface area (Å²) in [5.41, 5.74) is 5.16. The van der Waals surface area contributed by atoms with Crippen molar-refractivity contribution in [3.63, 3.8) is 0 Å². The molecule has 0 radical (unpaired) electrons. The van der Waals surface area contributed by atoms with Gasteiger partial charge in [0.15, 0.2) is 5.65 Å². The molecule has 166 valence electrons. The molecule has 0 bridgehead atoms. The van der Waals surface area contributed by atoms with Gasteiger partial charge < -0.3 is 9.64 Å². The van der Waals surface area contributed by atoms with E-state index in [9.17, 15) is 9.18 Å². The predicted octanol–water partition coefficient (Wildman–Crippen LogP) is 4.42. The van der Waals surface area contributed by atoms with E-state index >= 15 is 0 Å². The SMILES string of the molecule is CCCc1cc(C)n2nc(-c3ccc(OCCF)cc3)c(CC(=O)N(CC)CC)c2n1. The Labute approximate surface area is 183 Å². The Morgan fingerprint density at radius 1 is 1.16 bits per heavy atom. The number of carbonyl (C=O) groups excluding carboxylic acids is 1. The summed E-state index contributed by atoms with van der Waals surface area (Å²) >= 11 is 0. The van der Waals surface area contributed by atoms with E-state index in [1.807, 2.05) is 42.3 Å². The van der Waals surface area contributed by atoms with Crippen LogP contribution in [0.2, 0.25) is 0 Å². The van der Waals surface area contributed by atoms with E-state index in [2.05, 4.69) is 13.0 Å². The summed E-state index contributed by atoms with van der Waals surface area (Å²) in [5.74, 6) is 0.662. The van der Waals surface area contributed by atoms with Gasteiger partial charge in [-0.25, -0.2) is 13.9 Å². The largest absolute Gasteiger partial charge is 0.491 e. The van der Waals surface area contributed by atoms with Crippen LogP contribution in [0.5, 0.6) is 5.75 Å². The lowest BCUT2D eigenvalue weighted by Gasteiger charge is -2.18. The maximum atomic E-state index is 13.0. The second kappa shape index (κ2) is 10.4. The number of hydrogen-bond acceptors (Lipinski definition) is 4. The second-order valence-electron chi connectivity index (χ2n) is 7.51. The fourth-order valence-corrected chi connectivity index (χ4v) is 3.76. The zero-order valence-corrected chi connectivity index (χ0v) is 18.8. The first-order valence-electron chi connectivity index (χ1n) is 11.0. The molecule has 1 amide bonds. The number of halogens is 1. The molecule has 0 saturated carbocycles. The van der Waals surface area contributed by atoms with E-state index in [0.29, 0.717) is 18.8 Å². The lowest BCUT2D eigenvalue weighted by Crippen LogP contribution is -2.31. The van der Waals surface area contributed by atoms with E-state index < -0.39 is 6.67 Å². The number of amides is 1. The van der Waals surface area contributed by atoms with Crippen molar-refractivity contribution in [2.75, 3.05) is 26.4 Å². The monoisotopic (exact) mass is 426 g/mol. The molecule has 0 atom stereocenters. The van der Waals surface area contributed by atoms with Crippen molar-refractivity contribution < 1.29 is 13.9 Å². The number of rotatable bonds is 10. The van der Waals surface area contributed by atoms with Crippen molar-refractivity contribution in [3.8, 4) is 17.0 Å². The fraction of sp³-hybridized carbons (Fsp3) is 0.458. The summed E-state index contributed by atoms with van der Waals surface area (Å²) < 4.78 is 19.6. The lowest BCUT2D eigenvalue weighted by molar-refractivity contribution is -0.130. The second-order valence-corrected chi connectivity index (χ2v) is 7.51. The zero-order valence-electron chi connectivity index (χ0n) is 18.8. The number of hydrogen-bond donors (Lipinski definition) is 0. The lowest BCUT2D eigenvalue weighted by atomic mass is 10.0. The van der Waals surface area contributed by atoms with E-state index in [-0.39, 0.29) is 18.9 Å². The molecule has 3 rings (SSSR count). The number of aryl methyl sites for hydroxylation is 2. The normalized spacial score (nSPS) is 11.1. The van der Waals surface area contributed by atoms with Crippen molar-refractivity contribution in [1.29, 1.82) is 0 Å². The number of benzene rings is 1. The van der Waals surface area contributed by atoms with Gasteiger partial charge in [0.25, 0.3) is 0 Å². The topological polar surface area (TPSA) is 59.7 Å². The Bertz CT molecular complexity index is 1030. The molecule has 7 heteroatoms. The van der Waals surface area contributed by atoms with Crippen molar-refractivity contribution in [2.45, 2.75) is 47.0 Å². The highest BCUT2D eigenvalue weighted by Crippen LogP contribution is 2.29. The highest BCUT2D eigenvalue weighted by Gasteiger charge is 2.22. The van der Waals surface area contributed by atoms with Gasteiger partial charge in [-0.2, -0.15) is 5.10 Å². The quantitative estimate of drug-likeness (QED) is 0.482. The maximum absolute atomic E-state index is 13.0. The van der Waals surface area contributed by atoms with Gasteiger partial charge in [-0.05, 0) is 57.5 Å². The van der Waals surface area contributed by atoms with Crippen LogP contribution < -0.4 is 4.74 Å². The predicted molar refractivity (Wildman–Crippen MR) is 120 cm³/mol. The van der Waals surface area contributed by atoms with Gasteiger partial charge in [0, 0.05) is 35.6 Å². The van der Waals surface area contributed by atoms with E-state index in [4.69, 9.17) is 14.8 Å². The summed E-state index contributed by atoms with van der Waals surface area (Å²) in [5, 5.41) is 4.82. The average molecular weight is 427 g/mol. The first-order chi connectivity index (χ1) is 15.0. The van der Waals surface area contributed by atoms with Crippen LogP contribution in [-0.4, -0.2) is 51.8 Å². The first-order valence-corrected chi connectivity index (χ1v) is 11.0. The van der Waals surface area contributed by atoms with E-state index in [1.54, 1.807) is 12.1 Å². The van der Waals surface area contributed by atoms with Crippen molar-refractivity contribution in [2.24, 2.45) is 0 Å². The van der Waals surface area contributed by atoms with Crippen LogP contribution in [0, 0.1) is 6.92 Å². The highest BCUT2D eigenvalue weighted by atomic mass is 19.1. The van der Waals surface area contributed by atoms with Gasteiger partial charge in [0.1, 0.15) is 19.0 Å². The molecule has 31 heavy (non-hydrogen) atoms. The molecule has 0 aliphatic carbocycles. The van der Waals surface area contributed by atoms with E-state index in [0.717, 1.165) is 46.7 Å². The minimum Gasteiger partial charge on any atom is -0.491 e. The minimum absolute atomic E-state index is 0.0284. The fourth-order valence-electron chi connectivity index (χ4n) is 3.76. The maximum Gasteiger partial charge on any atom is 0.227 e. The molecule has 0 fully saturated rings. The number of fused-ring (bicyclic) bond motifs is 1. The summed E-state index contributed by atoms with van der Waals surface area (Å²) in [6.45, 7) is 8.93. The third-order valence-electron chi connectivity index (χ3n) is 5.34. The molecule has 2 heterocycles. The van der Waals surface area contributed by atoms with Crippen LogP contribution in [0.3, 0.4) is 0 Å². The van der Waals surface area contributed by atoms with Crippen molar-refractivity contribution in [3.05, 3.63) is 47.3 Å². The van der Waals surface area contributed by atoms with Crippen molar-refractivity contribution in [1.82, 2.24) is 19.5 Å². The molecule has 6 nitrogen and oxygen atoms in total.